The standard InChI is InChI=1S/C20H20N4O2S.HI/c21-20(24-15-7-8-17-18(11-15)26-10-4-9-25-17)22-12-16-13-27-19(23-16)14-5-2-1-3-6-14;/h1-3,5-8,11,13H,4,9-10,12H2,(H3,21,22,24);1H. The van der Waals surface area contributed by atoms with Gasteiger partial charge in [0, 0.05) is 29.1 Å². The van der Waals surface area contributed by atoms with E-state index in [0.29, 0.717) is 25.7 Å². The minimum Gasteiger partial charge on any atom is -0.490 e. The van der Waals surface area contributed by atoms with Crippen molar-refractivity contribution in [1.82, 2.24) is 4.98 Å². The minimum atomic E-state index is 0. The van der Waals surface area contributed by atoms with Gasteiger partial charge >= 0.3 is 0 Å². The number of hydrogen-bond donors (Lipinski definition) is 2. The molecule has 0 aliphatic carbocycles. The second kappa shape index (κ2) is 9.74. The van der Waals surface area contributed by atoms with E-state index in [1.54, 1.807) is 11.3 Å². The molecule has 0 spiro atoms. The molecular formula is C20H21IN4O2S. The van der Waals surface area contributed by atoms with Crippen LogP contribution in [0.4, 0.5) is 5.69 Å². The molecule has 4 rings (SSSR count). The van der Waals surface area contributed by atoms with Crippen LogP contribution in [0.25, 0.3) is 10.6 Å². The van der Waals surface area contributed by atoms with Gasteiger partial charge in [-0.2, -0.15) is 0 Å². The average molecular weight is 508 g/mol. The third kappa shape index (κ3) is 5.14. The number of ether oxygens (including phenoxy) is 2. The summed E-state index contributed by atoms with van der Waals surface area (Å²) < 4.78 is 11.3. The lowest BCUT2D eigenvalue weighted by atomic mass is 10.2. The van der Waals surface area contributed by atoms with Crippen LogP contribution in [-0.2, 0) is 6.54 Å². The Morgan fingerprint density at radius 3 is 2.71 bits per heavy atom. The van der Waals surface area contributed by atoms with Crippen molar-refractivity contribution in [3.05, 3.63) is 59.6 Å². The minimum absolute atomic E-state index is 0. The van der Waals surface area contributed by atoms with Crippen LogP contribution in [0.2, 0.25) is 0 Å². The van der Waals surface area contributed by atoms with E-state index < -0.39 is 0 Å². The molecule has 28 heavy (non-hydrogen) atoms. The molecule has 0 amide bonds. The second-order valence-corrected chi connectivity index (χ2v) is 6.91. The predicted molar refractivity (Wildman–Crippen MR) is 124 cm³/mol. The maximum atomic E-state index is 6.02. The van der Waals surface area contributed by atoms with E-state index in [1.165, 1.54) is 0 Å². The molecule has 2 aromatic carbocycles. The Morgan fingerprint density at radius 1 is 1.11 bits per heavy atom. The van der Waals surface area contributed by atoms with Gasteiger partial charge < -0.3 is 20.5 Å². The molecule has 1 aliphatic rings. The Kier molecular flexibility index (Phi) is 7.10. The number of nitrogens with two attached hydrogens (primary N) is 1. The maximum absolute atomic E-state index is 6.02. The lowest BCUT2D eigenvalue weighted by Crippen LogP contribution is -2.22. The third-order valence-electron chi connectivity index (χ3n) is 4.00. The molecule has 0 fully saturated rings. The molecule has 0 saturated carbocycles. The first-order chi connectivity index (χ1) is 13.3. The summed E-state index contributed by atoms with van der Waals surface area (Å²) >= 11 is 1.60. The van der Waals surface area contributed by atoms with Crippen molar-refractivity contribution >= 4 is 47.0 Å². The Morgan fingerprint density at radius 2 is 1.89 bits per heavy atom. The number of aliphatic imine (C=N–C) groups is 1. The largest absolute Gasteiger partial charge is 0.490 e. The van der Waals surface area contributed by atoms with Crippen LogP contribution in [0.3, 0.4) is 0 Å². The lowest BCUT2D eigenvalue weighted by Gasteiger charge is -2.10. The Bertz CT molecular complexity index is 946. The number of halogens is 1. The SMILES string of the molecule is I.NC(=NCc1csc(-c2ccccc2)n1)Nc1ccc2c(c1)OCCCO2. The van der Waals surface area contributed by atoms with Crippen LogP contribution in [0.5, 0.6) is 11.5 Å². The number of hydrogen-bond acceptors (Lipinski definition) is 5. The number of rotatable bonds is 4. The molecule has 146 valence electrons. The van der Waals surface area contributed by atoms with Crippen molar-refractivity contribution in [1.29, 1.82) is 0 Å². The summed E-state index contributed by atoms with van der Waals surface area (Å²) in [5.41, 5.74) is 8.83. The van der Waals surface area contributed by atoms with Gasteiger partial charge in [0.25, 0.3) is 0 Å². The number of nitrogens with one attached hydrogen (secondary N) is 1. The summed E-state index contributed by atoms with van der Waals surface area (Å²) in [6.45, 7) is 1.74. The number of guanidine groups is 1. The predicted octanol–water partition coefficient (Wildman–Crippen LogP) is 4.52. The summed E-state index contributed by atoms with van der Waals surface area (Å²) in [7, 11) is 0. The number of fused-ring (bicyclic) bond motifs is 1. The fourth-order valence-electron chi connectivity index (χ4n) is 2.69. The Balaban J connectivity index is 0.00000225. The van der Waals surface area contributed by atoms with E-state index in [9.17, 15) is 0 Å². The van der Waals surface area contributed by atoms with E-state index in [-0.39, 0.29) is 24.0 Å². The molecule has 8 heteroatoms. The first-order valence-corrected chi connectivity index (χ1v) is 9.62. The van der Waals surface area contributed by atoms with Gasteiger partial charge in [-0.15, -0.1) is 35.3 Å². The first-order valence-electron chi connectivity index (χ1n) is 8.74. The summed E-state index contributed by atoms with van der Waals surface area (Å²) in [6, 6.07) is 15.7. The fourth-order valence-corrected chi connectivity index (χ4v) is 3.50. The molecule has 6 nitrogen and oxygen atoms in total. The third-order valence-corrected chi connectivity index (χ3v) is 4.94. The first kappa shape index (κ1) is 20.4. The summed E-state index contributed by atoms with van der Waals surface area (Å²) in [6.07, 6.45) is 0.875. The zero-order valence-electron chi connectivity index (χ0n) is 15.1. The van der Waals surface area contributed by atoms with Gasteiger partial charge in [-0.05, 0) is 12.1 Å². The van der Waals surface area contributed by atoms with Gasteiger partial charge in [0.1, 0.15) is 5.01 Å². The van der Waals surface area contributed by atoms with E-state index in [0.717, 1.165) is 39.9 Å². The molecule has 0 radical (unpaired) electrons. The van der Waals surface area contributed by atoms with E-state index >= 15 is 0 Å². The van der Waals surface area contributed by atoms with Crippen LogP contribution >= 0.6 is 35.3 Å². The molecular weight excluding hydrogens is 487 g/mol. The lowest BCUT2D eigenvalue weighted by molar-refractivity contribution is 0.297. The number of nitrogens with zero attached hydrogens (tertiary/aromatic N) is 2. The van der Waals surface area contributed by atoms with Crippen LogP contribution in [-0.4, -0.2) is 24.2 Å². The van der Waals surface area contributed by atoms with Crippen molar-refractivity contribution in [2.24, 2.45) is 10.7 Å². The molecule has 1 aliphatic heterocycles. The molecule has 3 aromatic rings. The van der Waals surface area contributed by atoms with E-state index in [2.05, 4.69) is 15.3 Å². The number of aromatic nitrogens is 1. The number of anilines is 1. The van der Waals surface area contributed by atoms with Gasteiger partial charge in [-0.25, -0.2) is 9.98 Å². The molecule has 0 saturated heterocycles. The van der Waals surface area contributed by atoms with Gasteiger partial charge in [0.2, 0.25) is 0 Å². The Hall–Kier alpha value is -2.33. The highest BCUT2D eigenvalue weighted by Crippen LogP contribution is 2.32. The highest BCUT2D eigenvalue weighted by Gasteiger charge is 2.11. The number of benzene rings is 2. The fraction of sp³-hybridized carbons (Fsp3) is 0.200. The topological polar surface area (TPSA) is 81.8 Å². The van der Waals surface area contributed by atoms with Crippen molar-refractivity contribution < 1.29 is 9.47 Å². The quantitative estimate of drug-likeness (QED) is 0.308. The molecule has 3 N–H and O–H groups in total. The van der Waals surface area contributed by atoms with Crippen LogP contribution in [0.15, 0.2) is 58.9 Å². The summed E-state index contributed by atoms with van der Waals surface area (Å²) in [5.74, 6) is 1.81. The highest BCUT2D eigenvalue weighted by atomic mass is 127. The average Bonchev–Trinajstić information content (AvgIpc) is 3.05. The van der Waals surface area contributed by atoms with Gasteiger partial charge in [0.05, 0.1) is 25.5 Å². The van der Waals surface area contributed by atoms with Crippen molar-refractivity contribution in [2.45, 2.75) is 13.0 Å². The smallest absolute Gasteiger partial charge is 0.193 e. The molecule has 0 bridgehead atoms. The second-order valence-electron chi connectivity index (χ2n) is 6.05. The number of thiazole rings is 1. The maximum Gasteiger partial charge on any atom is 0.193 e. The van der Waals surface area contributed by atoms with Crippen LogP contribution in [0, 0.1) is 0 Å². The zero-order chi connectivity index (χ0) is 18.5. The monoisotopic (exact) mass is 508 g/mol. The van der Waals surface area contributed by atoms with Gasteiger partial charge in [-0.3, -0.25) is 0 Å². The van der Waals surface area contributed by atoms with Gasteiger partial charge in [0.15, 0.2) is 17.5 Å². The van der Waals surface area contributed by atoms with Gasteiger partial charge in [-0.1, -0.05) is 30.3 Å². The molecule has 2 heterocycles. The highest BCUT2D eigenvalue weighted by molar-refractivity contribution is 14.0. The van der Waals surface area contributed by atoms with Crippen molar-refractivity contribution in [3.8, 4) is 22.1 Å². The molecule has 0 unspecified atom stereocenters. The Labute approximate surface area is 184 Å². The van der Waals surface area contributed by atoms with Crippen molar-refractivity contribution in [3.63, 3.8) is 0 Å². The summed E-state index contributed by atoms with van der Waals surface area (Å²) in [4.78, 5) is 9.00. The molecule has 0 atom stereocenters. The van der Waals surface area contributed by atoms with Crippen LogP contribution in [0.1, 0.15) is 12.1 Å². The van der Waals surface area contributed by atoms with Crippen LogP contribution < -0.4 is 20.5 Å². The zero-order valence-corrected chi connectivity index (χ0v) is 18.3. The van der Waals surface area contributed by atoms with E-state index in [1.807, 2.05) is 53.9 Å². The van der Waals surface area contributed by atoms with Crippen molar-refractivity contribution in [2.75, 3.05) is 18.5 Å². The molecule has 1 aromatic heterocycles. The summed E-state index contributed by atoms with van der Waals surface area (Å²) in [5, 5.41) is 6.08. The van der Waals surface area contributed by atoms with E-state index in [4.69, 9.17) is 15.2 Å². The normalized spacial score (nSPS) is 13.4.